The Hall–Kier alpha value is -1.73. The number of anilines is 1. The van der Waals surface area contributed by atoms with E-state index in [-0.39, 0.29) is 11.9 Å². The molecule has 4 heteroatoms. The van der Waals surface area contributed by atoms with Crippen LogP contribution >= 0.6 is 0 Å². The second-order valence-corrected chi connectivity index (χ2v) is 14.6. The zero-order valence-electron chi connectivity index (χ0n) is 18.2. The highest BCUT2D eigenvalue weighted by atomic mass is 28.3. The number of hydrogen-bond donors (Lipinski definition) is 2. The molecule has 1 aliphatic heterocycles. The van der Waals surface area contributed by atoms with Gasteiger partial charge in [0.25, 0.3) is 0 Å². The van der Waals surface area contributed by atoms with Gasteiger partial charge in [0.15, 0.2) is 0 Å². The second-order valence-electron chi connectivity index (χ2n) is 8.98. The summed E-state index contributed by atoms with van der Waals surface area (Å²) in [5.41, 5.74) is 8.99. The number of hydrogen-bond acceptors (Lipinski definition) is 2. The first-order valence-corrected chi connectivity index (χ1v) is 12.5. The fourth-order valence-corrected chi connectivity index (χ4v) is 10.1. The monoisotopic (exact) mass is 384 g/mol. The van der Waals surface area contributed by atoms with Gasteiger partial charge in [0.05, 0.1) is 6.04 Å². The molecule has 1 aromatic rings. The van der Waals surface area contributed by atoms with Crippen molar-refractivity contribution >= 4 is 19.7 Å². The molecule has 0 radical (unpaired) electrons. The molecule has 1 aliphatic rings. The topological polar surface area (TPSA) is 41.1 Å². The lowest BCUT2D eigenvalue weighted by Crippen LogP contribution is -2.43. The molecule has 2 unspecified atom stereocenters. The normalized spacial score (nSPS) is 19.4. The van der Waals surface area contributed by atoms with Crippen molar-refractivity contribution < 1.29 is 4.79 Å². The van der Waals surface area contributed by atoms with Gasteiger partial charge in [0.2, 0.25) is 5.91 Å². The summed E-state index contributed by atoms with van der Waals surface area (Å²) < 4.78 is 0. The van der Waals surface area contributed by atoms with Crippen LogP contribution < -0.4 is 10.6 Å². The molecule has 0 spiro atoms. The van der Waals surface area contributed by atoms with Crippen molar-refractivity contribution in [1.82, 2.24) is 5.32 Å². The summed E-state index contributed by atoms with van der Waals surface area (Å²) >= 11 is 0. The largest absolute Gasteiger partial charge is 0.382 e. The van der Waals surface area contributed by atoms with E-state index in [1.165, 1.54) is 0 Å². The highest BCUT2D eigenvalue weighted by Gasteiger charge is 2.41. The van der Waals surface area contributed by atoms with Gasteiger partial charge in [-0.3, -0.25) is 4.79 Å². The van der Waals surface area contributed by atoms with Crippen LogP contribution in [0.4, 0.5) is 5.69 Å². The zero-order chi connectivity index (χ0) is 20.4. The predicted molar refractivity (Wildman–Crippen MR) is 119 cm³/mol. The molecule has 2 rings (SSSR count). The lowest BCUT2D eigenvalue weighted by molar-refractivity contribution is -0.119. The van der Waals surface area contributed by atoms with Crippen molar-refractivity contribution in [2.45, 2.75) is 90.5 Å². The average molecular weight is 385 g/mol. The lowest BCUT2D eigenvalue weighted by Gasteiger charge is -2.38. The molecule has 1 heterocycles. The van der Waals surface area contributed by atoms with Gasteiger partial charge in [-0.25, -0.2) is 0 Å². The van der Waals surface area contributed by atoms with Crippen molar-refractivity contribution in [1.29, 1.82) is 0 Å². The van der Waals surface area contributed by atoms with E-state index in [9.17, 15) is 4.79 Å². The van der Waals surface area contributed by atoms with Crippen molar-refractivity contribution in [2.24, 2.45) is 0 Å². The minimum atomic E-state index is -1.75. The number of fused-ring (bicyclic) bond motifs is 1. The molecule has 1 amide bonds. The van der Waals surface area contributed by atoms with Gasteiger partial charge in [-0.05, 0) is 53.7 Å². The Morgan fingerprint density at radius 2 is 1.74 bits per heavy atom. The van der Waals surface area contributed by atoms with Crippen molar-refractivity contribution in [3.05, 3.63) is 29.3 Å². The molecule has 0 aliphatic carbocycles. The molecule has 2 N–H and O–H groups in total. The Morgan fingerprint density at radius 1 is 1.15 bits per heavy atom. The summed E-state index contributed by atoms with van der Waals surface area (Å²) in [7, 11) is -1.75. The number of rotatable bonds is 4. The minimum Gasteiger partial charge on any atom is -0.382 e. The van der Waals surface area contributed by atoms with Crippen LogP contribution in [-0.4, -0.2) is 20.0 Å². The third kappa shape index (κ3) is 4.58. The molecule has 3 nitrogen and oxygen atoms in total. The number of benzene rings is 1. The smallest absolute Gasteiger partial charge is 0.217 e. The summed E-state index contributed by atoms with van der Waals surface area (Å²) in [6.45, 7) is 17.8. The fourth-order valence-electron chi connectivity index (χ4n) is 4.86. The van der Waals surface area contributed by atoms with Crippen molar-refractivity contribution in [2.75, 3.05) is 5.32 Å². The van der Waals surface area contributed by atoms with Crippen LogP contribution in [0.5, 0.6) is 0 Å². The van der Waals surface area contributed by atoms with Gasteiger partial charge in [0.1, 0.15) is 8.07 Å². The van der Waals surface area contributed by atoms with E-state index in [1.807, 2.05) is 0 Å². The molecule has 1 aromatic carbocycles. The Bertz CT molecular complexity index is 721. The highest BCUT2D eigenvalue weighted by molar-refractivity contribution is 6.90. The maximum Gasteiger partial charge on any atom is 0.217 e. The third-order valence-electron chi connectivity index (χ3n) is 6.09. The van der Waals surface area contributed by atoms with Gasteiger partial charge in [-0.2, -0.15) is 0 Å². The Morgan fingerprint density at radius 3 is 2.26 bits per heavy atom. The van der Waals surface area contributed by atoms with E-state index in [1.54, 1.807) is 6.92 Å². The highest BCUT2D eigenvalue weighted by Crippen LogP contribution is 2.41. The van der Waals surface area contributed by atoms with Crippen LogP contribution in [0.1, 0.15) is 79.0 Å². The van der Waals surface area contributed by atoms with E-state index in [0.29, 0.717) is 22.7 Å². The molecule has 0 saturated heterocycles. The van der Waals surface area contributed by atoms with Crippen LogP contribution in [0.2, 0.25) is 16.6 Å². The number of nitrogens with one attached hydrogen (secondary N) is 2. The van der Waals surface area contributed by atoms with Gasteiger partial charge in [-0.1, -0.05) is 47.5 Å². The molecule has 0 aromatic heterocycles. The van der Waals surface area contributed by atoms with Crippen LogP contribution in [0.25, 0.3) is 0 Å². The summed E-state index contributed by atoms with van der Waals surface area (Å²) in [4.78, 5) is 11.6. The Balaban J connectivity index is 2.45. The fraction of sp³-hybridized carbons (Fsp3) is 0.609. The first kappa shape index (κ1) is 21.6. The number of amides is 1. The van der Waals surface area contributed by atoms with E-state index in [0.717, 1.165) is 23.2 Å². The van der Waals surface area contributed by atoms with Crippen LogP contribution in [-0.2, 0) is 4.79 Å². The second kappa shape index (κ2) is 8.52. The molecule has 0 bridgehead atoms. The summed E-state index contributed by atoms with van der Waals surface area (Å²) in [6, 6.07) is 6.80. The molecular weight excluding hydrogens is 348 g/mol. The summed E-state index contributed by atoms with van der Waals surface area (Å²) in [5.74, 6) is 3.55. The Kier molecular flexibility index (Phi) is 6.81. The zero-order valence-corrected chi connectivity index (χ0v) is 19.2. The Labute approximate surface area is 166 Å². The van der Waals surface area contributed by atoms with E-state index in [2.05, 4.69) is 88.8 Å². The molecular formula is C23H36N2OSi. The predicted octanol–water partition coefficient (Wildman–Crippen LogP) is 5.64. The molecule has 2 atom stereocenters. The average Bonchev–Trinajstić information content (AvgIpc) is 2.54. The summed E-state index contributed by atoms with van der Waals surface area (Å²) in [6.07, 6.45) is 0.895. The molecule has 27 heavy (non-hydrogen) atoms. The van der Waals surface area contributed by atoms with Gasteiger partial charge >= 0.3 is 0 Å². The number of carbonyl (C=O) groups excluding carboxylic acids is 1. The number of carbonyl (C=O) groups is 1. The minimum absolute atomic E-state index is 0.0161. The molecule has 0 fully saturated rings. The molecule has 148 valence electrons. The first-order valence-electron chi connectivity index (χ1n) is 10.3. The molecule has 0 saturated carbocycles. The SMILES string of the molecule is CC(=O)NC1CC(C)Nc2ccc(C#C[Si](C(C)C)(C(C)C)C(C)C)cc21. The van der Waals surface area contributed by atoms with Gasteiger partial charge in [-0.15, -0.1) is 5.54 Å². The maximum atomic E-state index is 11.6. The summed E-state index contributed by atoms with van der Waals surface area (Å²) in [5, 5.41) is 6.63. The van der Waals surface area contributed by atoms with Crippen molar-refractivity contribution in [3.63, 3.8) is 0 Å². The third-order valence-corrected chi connectivity index (χ3v) is 12.4. The van der Waals surface area contributed by atoms with Crippen LogP contribution in [0.15, 0.2) is 18.2 Å². The van der Waals surface area contributed by atoms with E-state index >= 15 is 0 Å². The standard InChI is InChI=1S/C23H36N2OSi/c1-15(2)27(16(3)4,17(5)6)12-11-20-9-10-22-21(14-20)23(25-19(8)26)13-18(7)24-22/h9-10,14-18,23-24H,13H2,1-8H3,(H,25,26). The van der Waals surface area contributed by atoms with Gasteiger partial charge < -0.3 is 10.6 Å². The van der Waals surface area contributed by atoms with Gasteiger partial charge in [0, 0.05) is 24.2 Å². The van der Waals surface area contributed by atoms with E-state index in [4.69, 9.17) is 0 Å². The lowest BCUT2D eigenvalue weighted by atomic mass is 9.92. The van der Waals surface area contributed by atoms with E-state index < -0.39 is 8.07 Å². The van der Waals surface area contributed by atoms with Crippen LogP contribution in [0, 0.1) is 11.5 Å². The van der Waals surface area contributed by atoms with Crippen LogP contribution in [0.3, 0.4) is 0 Å². The first-order chi connectivity index (χ1) is 12.6. The van der Waals surface area contributed by atoms with Crippen molar-refractivity contribution in [3.8, 4) is 11.5 Å². The quantitative estimate of drug-likeness (QED) is 0.521. The maximum absolute atomic E-state index is 11.6.